The molecule has 2 aromatic carbocycles. The zero-order chi connectivity index (χ0) is 17.3. The topological polar surface area (TPSA) is 47.0 Å². The molecule has 0 amide bonds. The Bertz CT molecular complexity index is 801. The van der Waals surface area contributed by atoms with Crippen LogP contribution in [-0.2, 0) is 6.54 Å². The SMILES string of the molecule is CCOc1ccc2ccccc2c1CNCCCSc1ncccn1.Cl. The van der Waals surface area contributed by atoms with Crippen molar-refractivity contribution in [3.8, 4) is 5.75 Å². The van der Waals surface area contributed by atoms with Gasteiger partial charge in [-0.1, -0.05) is 42.1 Å². The molecular weight excluding hydrogens is 366 g/mol. The summed E-state index contributed by atoms with van der Waals surface area (Å²) in [5.74, 6) is 1.98. The van der Waals surface area contributed by atoms with Crippen LogP contribution in [-0.4, -0.2) is 28.9 Å². The van der Waals surface area contributed by atoms with E-state index in [9.17, 15) is 0 Å². The van der Waals surface area contributed by atoms with Gasteiger partial charge < -0.3 is 10.1 Å². The van der Waals surface area contributed by atoms with Crippen LogP contribution in [0.25, 0.3) is 10.8 Å². The van der Waals surface area contributed by atoms with Gasteiger partial charge in [0, 0.05) is 30.3 Å². The maximum absolute atomic E-state index is 5.82. The second-order valence-electron chi connectivity index (χ2n) is 5.61. The number of thioether (sulfide) groups is 1. The van der Waals surface area contributed by atoms with Crippen molar-refractivity contribution >= 4 is 34.9 Å². The number of ether oxygens (including phenoxy) is 1. The fourth-order valence-electron chi connectivity index (χ4n) is 2.72. The van der Waals surface area contributed by atoms with Crippen molar-refractivity contribution in [3.05, 3.63) is 60.4 Å². The fraction of sp³-hybridized carbons (Fsp3) is 0.300. The molecule has 0 aliphatic rings. The van der Waals surface area contributed by atoms with Crippen LogP contribution >= 0.6 is 24.2 Å². The lowest BCUT2D eigenvalue weighted by molar-refractivity contribution is 0.336. The highest BCUT2D eigenvalue weighted by Crippen LogP contribution is 2.28. The molecule has 3 aromatic rings. The predicted octanol–water partition coefficient (Wildman–Crippen LogP) is 4.72. The van der Waals surface area contributed by atoms with Gasteiger partial charge in [0.2, 0.25) is 0 Å². The van der Waals surface area contributed by atoms with Gasteiger partial charge in [0.25, 0.3) is 0 Å². The Kier molecular flexibility index (Phi) is 8.68. The smallest absolute Gasteiger partial charge is 0.187 e. The van der Waals surface area contributed by atoms with Crippen molar-refractivity contribution in [2.75, 3.05) is 18.9 Å². The summed E-state index contributed by atoms with van der Waals surface area (Å²) in [4.78, 5) is 8.45. The lowest BCUT2D eigenvalue weighted by Gasteiger charge is -2.14. The van der Waals surface area contributed by atoms with E-state index in [0.29, 0.717) is 6.61 Å². The molecule has 3 rings (SSSR count). The molecule has 1 N–H and O–H groups in total. The van der Waals surface area contributed by atoms with Crippen molar-refractivity contribution in [2.45, 2.75) is 25.0 Å². The van der Waals surface area contributed by atoms with E-state index in [1.165, 1.54) is 16.3 Å². The van der Waals surface area contributed by atoms with Gasteiger partial charge in [0.05, 0.1) is 6.61 Å². The summed E-state index contributed by atoms with van der Waals surface area (Å²) >= 11 is 1.69. The molecule has 0 fully saturated rings. The second-order valence-corrected chi connectivity index (χ2v) is 6.67. The maximum atomic E-state index is 5.82. The van der Waals surface area contributed by atoms with Crippen molar-refractivity contribution in [3.63, 3.8) is 0 Å². The number of nitrogens with one attached hydrogen (secondary N) is 1. The highest BCUT2D eigenvalue weighted by atomic mass is 35.5. The third kappa shape index (κ3) is 5.59. The molecule has 1 heterocycles. The first-order valence-electron chi connectivity index (χ1n) is 8.62. The Balaban J connectivity index is 0.00000243. The molecule has 0 saturated carbocycles. The number of nitrogens with zero attached hydrogens (tertiary/aromatic N) is 2. The molecule has 6 heteroatoms. The van der Waals surface area contributed by atoms with E-state index >= 15 is 0 Å². The molecule has 0 radical (unpaired) electrons. The van der Waals surface area contributed by atoms with Gasteiger partial charge in [0.1, 0.15) is 5.75 Å². The summed E-state index contributed by atoms with van der Waals surface area (Å²) in [6.07, 6.45) is 4.63. The Labute approximate surface area is 165 Å². The minimum Gasteiger partial charge on any atom is -0.494 e. The molecule has 0 aliphatic carbocycles. The summed E-state index contributed by atoms with van der Waals surface area (Å²) in [5, 5.41) is 6.89. The number of hydrogen-bond acceptors (Lipinski definition) is 5. The van der Waals surface area contributed by atoms with Gasteiger partial charge in [-0.15, -0.1) is 12.4 Å². The number of hydrogen-bond donors (Lipinski definition) is 1. The van der Waals surface area contributed by atoms with E-state index in [4.69, 9.17) is 4.74 Å². The average molecular weight is 390 g/mol. The first-order chi connectivity index (χ1) is 12.4. The molecule has 0 atom stereocenters. The third-order valence-corrected chi connectivity index (χ3v) is 4.83. The summed E-state index contributed by atoms with van der Waals surface area (Å²) in [6.45, 7) is 4.46. The van der Waals surface area contributed by atoms with E-state index in [0.717, 1.165) is 36.2 Å². The number of fused-ring (bicyclic) bond motifs is 1. The summed E-state index contributed by atoms with van der Waals surface area (Å²) in [7, 11) is 0. The number of rotatable bonds is 9. The Hall–Kier alpha value is -1.82. The van der Waals surface area contributed by atoms with Crippen molar-refractivity contribution in [2.24, 2.45) is 0 Å². The summed E-state index contributed by atoms with van der Waals surface area (Å²) in [5.41, 5.74) is 1.24. The Morgan fingerprint density at radius 3 is 2.65 bits per heavy atom. The predicted molar refractivity (Wildman–Crippen MR) is 111 cm³/mol. The second kappa shape index (κ2) is 11.0. The van der Waals surface area contributed by atoms with Crippen LogP contribution in [0.5, 0.6) is 5.75 Å². The normalized spacial score (nSPS) is 10.5. The van der Waals surface area contributed by atoms with Crippen LogP contribution in [0.3, 0.4) is 0 Å². The van der Waals surface area contributed by atoms with Crippen LogP contribution in [0.1, 0.15) is 18.9 Å². The van der Waals surface area contributed by atoms with Crippen molar-refractivity contribution < 1.29 is 4.74 Å². The van der Waals surface area contributed by atoms with Crippen LogP contribution < -0.4 is 10.1 Å². The van der Waals surface area contributed by atoms with Crippen LogP contribution in [0, 0.1) is 0 Å². The molecule has 0 spiro atoms. The summed E-state index contributed by atoms with van der Waals surface area (Å²) in [6, 6.07) is 14.5. The lowest BCUT2D eigenvalue weighted by Crippen LogP contribution is -2.16. The van der Waals surface area contributed by atoms with Gasteiger partial charge in [-0.2, -0.15) is 0 Å². The van der Waals surface area contributed by atoms with Crippen LogP contribution in [0.2, 0.25) is 0 Å². The molecule has 138 valence electrons. The molecule has 4 nitrogen and oxygen atoms in total. The molecule has 0 bridgehead atoms. The zero-order valence-corrected chi connectivity index (χ0v) is 16.5. The largest absolute Gasteiger partial charge is 0.494 e. The third-order valence-electron chi connectivity index (χ3n) is 3.87. The van der Waals surface area contributed by atoms with E-state index in [2.05, 4.69) is 51.7 Å². The van der Waals surface area contributed by atoms with E-state index < -0.39 is 0 Å². The van der Waals surface area contributed by atoms with Gasteiger partial charge in [-0.3, -0.25) is 0 Å². The van der Waals surface area contributed by atoms with E-state index in [1.54, 1.807) is 24.2 Å². The van der Waals surface area contributed by atoms with Gasteiger partial charge in [-0.25, -0.2) is 9.97 Å². The molecular formula is C20H24ClN3OS. The Morgan fingerprint density at radius 1 is 1.04 bits per heavy atom. The Morgan fingerprint density at radius 2 is 1.85 bits per heavy atom. The molecule has 26 heavy (non-hydrogen) atoms. The highest BCUT2D eigenvalue weighted by Gasteiger charge is 2.08. The summed E-state index contributed by atoms with van der Waals surface area (Å²) < 4.78 is 5.82. The maximum Gasteiger partial charge on any atom is 0.187 e. The average Bonchev–Trinajstić information content (AvgIpc) is 2.66. The van der Waals surface area contributed by atoms with Gasteiger partial charge >= 0.3 is 0 Å². The number of halogens is 1. The molecule has 0 saturated heterocycles. The van der Waals surface area contributed by atoms with Gasteiger partial charge in [0.15, 0.2) is 5.16 Å². The van der Waals surface area contributed by atoms with Crippen LogP contribution in [0.4, 0.5) is 0 Å². The standard InChI is InChI=1S/C20H23N3OS.ClH/c1-2-24-19-10-9-16-7-3-4-8-17(16)18(19)15-21-11-6-14-25-20-22-12-5-13-23-20;/h3-5,7-10,12-13,21H,2,6,11,14-15H2,1H3;1H. The van der Waals surface area contributed by atoms with E-state index in [1.807, 2.05) is 13.0 Å². The van der Waals surface area contributed by atoms with Crippen molar-refractivity contribution in [1.82, 2.24) is 15.3 Å². The van der Waals surface area contributed by atoms with Crippen molar-refractivity contribution in [1.29, 1.82) is 0 Å². The minimum absolute atomic E-state index is 0. The first-order valence-corrected chi connectivity index (χ1v) is 9.61. The van der Waals surface area contributed by atoms with Gasteiger partial charge in [-0.05, 0) is 42.8 Å². The first kappa shape index (κ1) is 20.5. The quantitative estimate of drug-likeness (QED) is 0.326. The minimum atomic E-state index is 0. The number of aromatic nitrogens is 2. The lowest BCUT2D eigenvalue weighted by atomic mass is 10.0. The zero-order valence-electron chi connectivity index (χ0n) is 14.9. The molecule has 0 aliphatic heterocycles. The highest BCUT2D eigenvalue weighted by molar-refractivity contribution is 7.99. The molecule has 1 aromatic heterocycles. The monoisotopic (exact) mass is 389 g/mol. The van der Waals surface area contributed by atoms with E-state index in [-0.39, 0.29) is 12.4 Å². The fourth-order valence-corrected chi connectivity index (χ4v) is 3.47. The number of benzene rings is 2. The van der Waals surface area contributed by atoms with Crippen LogP contribution in [0.15, 0.2) is 60.0 Å². The molecule has 0 unspecified atom stereocenters.